The monoisotopic (exact) mass is 356 g/mol. The van der Waals surface area contributed by atoms with Gasteiger partial charge in [0.15, 0.2) is 0 Å². The number of amides is 1. The second-order valence-electron chi connectivity index (χ2n) is 5.16. The van der Waals surface area contributed by atoms with Crippen LogP contribution >= 0.6 is 11.6 Å². The summed E-state index contributed by atoms with van der Waals surface area (Å²) in [4.78, 5) is 43.2. The molecule has 1 aromatic carbocycles. The van der Waals surface area contributed by atoms with Crippen molar-refractivity contribution in [1.82, 2.24) is 14.5 Å². The number of carbonyl (C=O) groups is 1. The molecule has 126 valence electrons. The molecule has 3 aromatic rings. The summed E-state index contributed by atoms with van der Waals surface area (Å²) in [6.45, 7) is -0.0431. The van der Waals surface area contributed by atoms with E-state index in [-0.39, 0.29) is 12.1 Å². The fourth-order valence-corrected chi connectivity index (χ4v) is 2.43. The Kier molecular flexibility index (Phi) is 4.76. The summed E-state index contributed by atoms with van der Waals surface area (Å²) >= 11 is 6.07. The van der Waals surface area contributed by atoms with Crippen molar-refractivity contribution in [2.75, 3.05) is 5.32 Å². The van der Waals surface area contributed by atoms with Crippen molar-refractivity contribution in [2.24, 2.45) is 0 Å². The first-order valence-corrected chi connectivity index (χ1v) is 7.72. The van der Waals surface area contributed by atoms with Gasteiger partial charge in [0.1, 0.15) is 11.4 Å². The van der Waals surface area contributed by atoms with Crippen LogP contribution in [0.3, 0.4) is 0 Å². The predicted molar refractivity (Wildman–Crippen MR) is 94.1 cm³/mol. The van der Waals surface area contributed by atoms with Crippen LogP contribution < -0.4 is 16.6 Å². The van der Waals surface area contributed by atoms with Gasteiger partial charge in [-0.25, -0.2) is 9.78 Å². The number of hydrogen-bond acceptors (Lipinski definition) is 4. The lowest BCUT2D eigenvalue weighted by Gasteiger charge is -2.09. The van der Waals surface area contributed by atoms with E-state index in [9.17, 15) is 14.4 Å². The molecule has 2 heterocycles. The third kappa shape index (κ3) is 3.67. The number of aromatic nitrogens is 3. The molecule has 0 unspecified atom stereocenters. The summed E-state index contributed by atoms with van der Waals surface area (Å²) in [7, 11) is 0. The molecule has 0 atom stereocenters. The SMILES string of the molecule is O=C(Nc1ccccn1)c1c[nH]c(=O)n(Cc2ccccc2Cl)c1=O. The zero-order valence-corrected chi connectivity index (χ0v) is 13.7. The van der Waals surface area contributed by atoms with E-state index in [4.69, 9.17) is 11.6 Å². The fourth-order valence-electron chi connectivity index (χ4n) is 2.23. The maximum Gasteiger partial charge on any atom is 0.328 e. The number of anilines is 1. The van der Waals surface area contributed by atoms with Crippen LogP contribution in [0.2, 0.25) is 5.02 Å². The molecule has 0 fully saturated rings. The normalized spacial score (nSPS) is 10.4. The number of nitrogens with zero attached hydrogens (tertiary/aromatic N) is 2. The van der Waals surface area contributed by atoms with Gasteiger partial charge in [-0.15, -0.1) is 0 Å². The van der Waals surface area contributed by atoms with Crippen LogP contribution in [-0.2, 0) is 6.54 Å². The Balaban J connectivity index is 1.95. The topological polar surface area (TPSA) is 96.8 Å². The van der Waals surface area contributed by atoms with Gasteiger partial charge in [0.05, 0.1) is 6.54 Å². The number of rotatable bonds is 4. The molecule has 1 amide bonds. The molecule has 0 aliphatic carbocycles. The van der Waals surface area contributed by atoms with Crippen LogP contribution in [0.1, 0.15) is 15.9 Å². The van der Waals surface area contributed by atoms with Crippen molar-refractivity contribution in [3.8, 4) is 0 Å². The van der Waals surface area contributed by atoms with Crippen molar-refractivity contribution in [2.45, 2.75) is 6.54 Å². The van der Waals surface area contributed by atoms with Gasteiger partial charge in [-0.1, -0.05) is 35.9 Å². The molecule has 2 N–H and O–H groups in total. The summed E-state index contributed by atoms with van der Waals surface area (Å²) < 4.78 is 0.925. The first kappa shape index (κ1) is 16.7. The molecule has 3 rings (SSSR count). The Morgan fingerprint density at radius 3 is 2.64 bits per heavy atom. The maximum atomic E-state index is 12.6. The van der Waals surface area contributed by atoms with Crippen LogP contribution in [0.15, 0.2) is 64.4 Å². The first-order chi connectivity index (χ1) is 12.1. The fraction of sp³-hybridized carbons (Fsp3) is 0.0588. The molecular formula is C17H13ClN4O3. The lowest BCUT2D eigenvalue weighted by atomic mass is 10.2. The quantitative estimate of drug-likeness (QED) is 0.746. The van der Waals surface area contributed by atoms with E-state index >= 15 is 0 Å². The van der Waals surface area contributed by atoms with Gasteiger partial charge in [-0.05, 0) is 23.8 Å². The van der Waals surface area contributed by atoms with Crippen LogP contribution in [0.4, 0.5) is 5.82 Å². The van der Waals surface area contributed by atoms with Crippen molar-refractivity contribution in [3.05, 3.63) is 91.8 Å². The molecule has 0 saturated heterocycles. The Morgan fingerprint density at radius 2 is 1.92 bits per heavy atom. The molecule has 0 radical (unpaired) electrons. The number of pyridine rings is 1. The molecule has 0 bridgehead atoms. The number of carbonyl (C=O) groups excluding carboxylic acids is 1. The highest BCUT2D eigenvalue weighted by Crippen LogP contribution is 2.15. The van der Waals surface area contributed by atoms with Gasteiger partial charge in [0.2, 0.25) is 0 Å². The number of aromatic amines is 1. The molecule has 0 aliphatic rings. The van der Waals surface area contributed by atoms with E-state index in [1.165, 1.54) is 6.20 Å². The van der Waals surface area contributed by atoms with Gasteiger partial charge in [0.25, 0.3) is 11.5 Å². The van der Waals surface area contributed by atoms with Gasteiger partial charge in [-0.3, -0.25) is 14.2 Å². The molecule has 0 spiro atoms. The van der Waals surface area contributed by atoms with E-state index in [0.29, 0.717) is 16.4 Å². The molecule has 25 heavy (non-hydrogen) atoms. The zero-order valence-electron chi connectivity index (χ0n) is 12.9. The average molecular weight is 357 g/mol. The first-order valence-electron chi connectivity index (χ1n) is 7.34. The van der Waals surface area contributed by atoms with E-state index < -0.39 is 17.2 Å². The molecule has 7 nitrogen and oxygen atoms in total. The average Bonchev–Trinajstić information content (AvgIpc) is 2.61. The third-order valence-corrected chi connectivity index (χ3v) is 3.87. The summed E-state index contributed by atoms with van der Waals surface area (Å²) in [6, 6.07) is 11.8. The second kappa shape index (κ2) is 7.14. The Morgan fingerprint density at radius 1 is 1.16 bits per heavy atom. The molecule has 2 aromatic heterocycles. The molecule has 0 saturated carbocycles. The van der Waals surface area contributed by atoms with Gasteiger partial charge >= 0.3 is 5.69 Å². The number of H-pyrrole nitrogens is 1. The molecule has 8 heteroatoms. The van der Waals surface area contributed by atoms with Crippen molar-refractivity contribution >= 4 is 23.3 Å². The largest absolute Gasteiger partial charge is 0.328 e. The molecule has 0 aliphatic heterocycles. The van der Waals surface area contributed by atoms with E-state index in [1.807, 2.05) is 0 Å². The number of nitrogens with one attached hydrogen (secondary N) is 2. The van der Waals surface area contributed by atoms with Crippen molar-refractivity contribution in [3.63, 3.8) is 0 Å². The second-order valence-corrected chi connectivity index (χ2v) is 5.57. The minimum atomic E-state index is -0.711. The summed E-state index contributed by atoms with van der Waals surface area (Å²) in [5, 5.41) is 2.94. The minimum absolute atomic E-state index is 0.0431. The molecular weight excluding hydrogens is 344 g/mol. The summed E-state index contributed by atoms with van der Waals surface area (Å²) in [5.74, 6) is -0.358. The van der Waals surface area contributed by atoms with Crippen LogP contribution in [0.25, 0.3) is 0 Å². The van der Waals surface area contributed by atoms with Crippen LogP contribution in [0, 0.1) is 0 Å². The van der Waals surface area contributed by atoms with E-state index in [2.05, 4.69) is 15.3 Å². The predicted octanol–water partition coefficient (Wildman–Crippen LogP) is 1.89. The lowest BCUT2D eigenvalue weighted by molar-refractivity contribution is 0.102. The minimum Gasteiger partial charge on any atom is -0.313 e. The van der Waals surface area contributed by atoms with Gasteiger partial charge < -0.3 is 10.3 Å². The van der Waals surface area contributed by atoms with Crippen molar-refractivity contribution in [1.29, 1.82) is 0 Å². The van der Waals surface area contributed by atoms with E-state index in [1.54, 1.807) is 42.5 Å². The summed E-state index contributed by atoms with van der Waals surface area (Å²) in [6.07, 6.45) is 2.60. The van der Waals surface area contributed by atoms with E-state index in [0.717, 1.165) is 10.8 Å². The Hall–Kier alpha value is -3.19. The zero-order chi connectivity index (χ0) is 17.8. The lowest BCUT2D eigenvalue weighted by Crippen LogP contribution is -2.39. The van der Waals surface area contributed by atoms with Crippen LogP contribution in [-0.4, -0.2) is 20.4 Å². The van der Waals surface area contributed by atoms with Gasteiger partial charge in [-0.2, -0.15) is 0 Å². The third-order valence-electron chi connectivity index (χ3n) is 3.50. The van der Waals surface area contributed by atoms with Crippen LogP contribution in [0.5, 0.6) is 0 Å². The number of halogens is 1. The number of benzene rings is 1. The highest BCUT2D eigenvalue weighted by atomic mass is 35.5. The maximum absolute atomic E-state index is 12.6. The highest BCUT2D eigenvalue weighted by molar-refractivity contribution is 6.31. The van der Waals surface area contributed by atoms with Crippen molar-refractivity contribution < 1.29 is 4.79 Å². The summed E-state index contributed by atoms with van der Waals surface area (Å²) in [5.41, 5.74) is -0.937. The standard InChI is InChI=1S/C17H13ClN4O3/c18-13-6-2-1-5-11(13)10-22-16(24)12(9-20-17(22)25)15(23)21-14-7-3-4-8-19-14/h1-9H,10H2,(H,20,25)(H,19,21,23). The Bertz CT molecular complexity index is 1030. The smallest absolute Gasteiger partial charge is 0.313 e. The highest BCUT2D eigenvalue weighted by Gasteiger charge is 2.16. The Labute approximate surface area is 146 Å². The number of hydrogen-bond donors (Lipinski definition) is 2. The van der Waals surface area contributed by atoms with Gasteiger partial charge in [0, 0.05) is 17.4 Å².